The molecule has 1 fully saturated rings. The molecule has 0 amide bonds. The predicted octanol–water partition coefficient (Wildman–Crippen LogP) is 8.03. The number of rotatable bonds is 15. The fourth-order valence-electron chi connectivity index (χ4n) is 5.16. The zero-order chi connectivity index (χ0) is 28.2. The summed E-state index contributed by atoms with van der Waals surface area (Å²) in [5, 5.41) is 0.584. The van der Waals surface area contributed by atoms with E-state index in [4.69, 9.17) is 23.7 Å². The van der Waals surface area contributed by atoms with E-state index < -0.39 is 0 Å². The molecule has 0 N–H and O–H groups in total. The molecule has 1 heterocycles. The Balaban J connectivity index is 1.54. The zero-order valence-corrected chi connectivity index (χ0v) is 25.2. The molecule has 5 nitrogen and oxygen atoms in total. The Hall–Kier alpha value is -2.67. The largest absolute Gasteiger partial charge is 0.496 e. The molecule has 4 rings (SSSR count). The minimum atomic E-state index is 0.199. The Bertz CT molecular complexity index is 1150. The summed E-state index contributed by atoms with van der Waals surface area (Å²) < 4.78 is 30.0. The van der Waals surface area contributed by atoms with Gasteiger partial charge in [0.05, 0.1) is 40.1 Å². The zero-order valence-electron chi connectivity index (χ0n) is 24.4. The van der Waals surface area contributed by atoms with Gasteiger partial charge in [-0.3, -0.25) is 0 Å². The first-order valence-corrected chi connectivity index (χ1v) is 15.4. The van der Waals surface area contributed by atoms with E-state index in [0.29, 0.717) is 25.1 Å². The van der Waals surface area contributed by atoms with Gasteiger partial charge in [-0.15, -0.1) is 11.8 Å². The maximum Gasteiger partial charge on any atom is 0.126 e. The Morgan fingerprint density at radius 2 is 1.62 bits per heavy atom. The summed E-state index contributed by atoms with van der Waals surface area (Å²) in [7, 11) is 3.47. The molecular formula is C34H44O5S. The van der Waals surface area contributed by atoms with Crippen molar-refractivity contribution in [3.05, 3.63) is 89.0 Å². The van der Waals surface area contributed by atoms with E-state index in [1.807, 2.05) is 43.0 Å². The van der Waals surface area contributed by atoms with Gasteiger partial charge >= 0.3 is 0 Å². The maximum absolute atomic E-state index is 6.40. The molecule has 1 aliphatic heterocycles. The van der Waals surface area contributed by atoms with Crippen LogP contribution in [0.5, 0.6) is 17.2 Å². The second-order valence-electron chi connectivity index (χ2n) is 10.2. The minimum absolute atomic E-state index is 0.199. The summed E-state index contributed by atoms with van der Waals surface area (Å²) in [6, 6.07) is 23.0. The molecule has 1 saturated heterocycles. The first kappa shape index (κ1) is 30.3. The molecule has 3 aromatic carbocycles. The lowest BCUT2D eigenvalue weighted by molar-refractivity contribution is 0.0272. The molecule has 40 heavy (non-hydrogen) atoms. The molecule has 3 aromatic rings. The van der Waals surface area contributed by atoms with Crippen molar-refractivity contribution in [1.82, 2.24) is 0 Å². The quantitative estimate of drug-likeness (QED) is 0.174. The van der Waals surface area contributed by atoms with Gasteiger partial charge in [0.2, 0.25) is 0 Å². The minimum Gasteiger partial charge on any atom is -0.496 e. The highest BCUT2D eigenvalue weighted by Crippen LogP contribution is 2.48. The van der Waals surface area contributed by atoms with Gasteiger partial charge in [0.15, 0.2) is 0 Å². The molecule has 0 radical (unpaired) electrons. The SMILES string of the molecule is CCCCO[C@H]1C[C@@H](COCc2ccccc2)S[C@@H](c2cc(Cc3ccc(OCC)cc3)c(OC)cc2OC)C1. The number of benzene rings is 3. The van der Waals surface area contributed by atoms with Crippen molar-refractivity contribution in [2.24, 2.45) is 0 Å². The first-order valence-electron chi connectivity index (χ1n) is 14.5. The van der Waals surface area contributed by atoms with Crippen molar-refractivity contribution in [2.45, 2.75) is 69.2 Å². The Morgan fingerprint density at radius 3 is 2.33 bits per heavy atom. The van der Waals surface area contributed by atoms with Crippen molar-refractivity contribution in [3.63, 3.8) is 0 Å². The fraction of sp³-hybridized carbons (Fsp3) is 0.471. The molecule has 0 spiro atoms. The second-order valence-corrected chi connectivity index (χ2v) is 11.7. The van der Waals surface area contributed by atoms with Crippen LogP contribution in [0.4, 0.5) is 0 Å². The monoisotopic (exact) mass is 564 g/mol. The number of methoxy groups -OCH3 is 2. The molecule has 216 valence electrons. The van der Waals surface area contributed by atoms with Gasteiger partial charge in [-0.05, 0) is 61.1 Å². The highest BCUT2D eigenvalue weighted by Gasteiger charge is 2.33. The Morgan fingerprint density at radius 1 is 0.850 bits per heavy atom. The summed E-state index contributed by atoms with van der Waals surface area (Å²) in [6.45, 7) is 7.00. The third-order valence-corrected chi connectivity index (χ3v) is 8.72. The van der Waals surface area contributed by atoms with Crippen molar-refractivity contribution < 1.29 is 23.7 Å². The van der Waals surface area contributed by atoms with Crippen molar-refractivity contribution in [3.8, 4) is 17.2 Å². The molecule has 0 bridgehead atoms. The third-order valence-electron chi connectivity index (χ3n) is 7.23. The van der Waals surface area contributed by atoms with Crippen LogP contribution in [0.3, 0.4) is 0 Å². The van der Waals surface area contributed by atoms with Crippen LogP contribution in [-0.4, -0.2) is 45.4 Å². The molecule has 6 heteroatoms. The van der Waals surface area contributed by atoms with Gasteiger partial charge in [-0.2, -0.15) is 0 Å². The van der Waals surface area contributed by atoms with E-state index >= 15 is 0 Å². The highest BCUT2D eigenvalue weighted by atomic mass is 32.2. The van der Waals surface area contributed by atoms with Crippen molar-refractivity contribution in [1.29, 1.82) is 0 Å². The van der Waals surface area contributed by atoms with Crippen LogP contribution < -0.4 is 14.2 Å². The van der Waals surface area contributed by atoms with Gasteiger partial charge in [-0.25, -0.2) is 0 Å². The van der Waals surface area contributed by atoms with Gasteiger partial charge in [0.1, 0.15) is 17.2 Å². The van der Waals surface area contributed by atoms with Crippen LogP contribution in [0.1, 0.15) is 67.0 Å². The maximum atomic E-state index is 6.40. The van der Waals surface area contributed by atoms with Gasteiger partial charge in [0, 0.05) is 35.2 Å². The lowest BCUT2D eigenvalue weighted by atomic mass is 9.96. The van der Waals surface area contributed by atoms with Crippen molar-refractivity contribution in [2.75, 3.05) is 34.0 Å². The average molecular weight is 565 g/mol. The third kappa shape index (κ3) is 8.66. The summed E-state index contributed by atoms with van der Waals surface area (Å²) in [6.07, 6.45) is 5.14. The predicted molar refractivity (Wildman–Crippen MR) is 164 cm³/mol. The van der Waals surface area contributed by atoms with E-state index in [0.717, 1.165) is 61.5 Å². The van der Waals surface area contributed by atoms with E-state index in [-0.39, 0.29) is 11.4 Å². The number of hydrogen-bond donors (Lipinski definition) is 0. The van der Waals surface area contributed by atoms with Crippen LogP contribution >= 0.6 is 11.8 Å². The summed E-state index contributed by atoms with van der Waals surface area (Å²) >= 11 is 1.99. The molecule has 0 unspecified atom stereocenters. The molecular weight excluding hydrogens is 520 g/mol. The van der Waals surface area contributed by atoms with E-state index in [2.05, 4.69) is 49.4 Å². The summed E-state index contributed by atoms with van der Waals surface area (Å²) in [5.41, 5.74) is 4.76. The average Bonchev–Trinajstić information content (AvgIpc) is 2.98. The van der Waals surface area contributed by atoms with Gasteiger partial charge in [-0.1, -0.05) is 55.8 Å². The number of unbranched alkanes of at least 4 members (excludes halogenated alkanes) is 1. The van der Waals surface area contributed by atoms with E-state index in [1.165, 1.54) is 16.7 Å². The highest BCUT2D eigenvalue weighted by molar-refractivity contribution is 8.00. The molecule has 0 aromatic heterocycles. The van der Waals surface area contributed by atoms with Crippen LogP contribution in [0.15, 0.2) is 66.7 Å². The lowest BCUT2D eigenvalue weighted by Gasteiger charge is -2.35. The van der Waals surface area contributed by atoms with E-state index in [1.54, 1.807) is 14.2 Å². The molecule has 0 aliphatic carbocycles. The van der Waals surface area contributed by atoms with Gasteiger partial charge in [0.25, 0.3) is 0 Å². The summed E-state index contributed by atoms with van der Waals surface area (Å²) in [5.74, 6) is 2.60. The fourth-order valence-corrected chi connectivity index (χ4v) is 6.79. The van der Waals surface area contributed by atoms with Crippen LogP contribution in [0.2, 0.25) is 0 Å². The van der Waals surface area contributed by atoms with Crippen molar-refractivity contribution >= 4 is 11.8 Å². The normalized spacial score (nSPS) is 18.9. The standard InChI is InChI=1S/C34H44O5S/c1-5-7-17-39-29-20-30(24-37-23-26-11-9-8-10-12-26)40-34(21-29)31-19-27(32(35-3)22-33(31)36-4)18-25-13-15-28(16-14-25)38-6-2/h8-16,19,22,29-30,34H,5-7,17-18,20-21,23-24H2,1-4H3/t29-,30-,34+/m0/s1. The number of thioether (sulfide) groups is 1. The smallest absolute Gasteiger partial charge is 0.126 e. The summed E-state index contributed by atoms with van der Waals surface area (Å²) in [4.78, 5) is 0. The van der Waals surface area contributed by atoms with E-state index in [9.17, 15) is 0 Å². The Kier molecular flexibility index (Phi) is 12.1. The number of ether oxygens (including phenoxy) is 5. The molecule has 0 saturated carbocycles. The van der Waals surface area contributed by atoms with Gasteiger partial charge < -0.3 is 23.7 Å². The van der Waals surface area contributed by atoms with Crippen LogP contribution in [0, 0.1) is 0 Å². The first-order chi connectivity index (χ1) is 19.6. The second kappa shape index (κ2) is 15.9. The molecule has 3 atom stereocenters. The lowest BCUT2D eigenvalue weighted by Crippen LogP contribution is -2.30. The molecule has 1 aliphatic rings. The Labute approximate surface area is 244 Å². The number of hydrogen-bond acceptors (Lipinski definition) is 6. The van der Waals surface area contributed by atoms with Crippen LogP contribution in [-0.2, 0) is 22.5 Å². The topological polar surface area (TPSA) is 46.2 Å². The van der Waals surface area contributed by atoms with Crippen LogP contribution in [0.25, 0.3) is 0 Å².